The second-order valence-corrected chi connectivity index (χ2v) is 3.63. The summed E-state index contributed by atoms with van der Waals surface area (Å²) in [6, 6.07) is 6.05. The minimum absolute atomic E-state index is 0.255. The fraction of sp³-hybridized carbons (Fsp3) is 0.250. The normalized spacial score (nSPS) is 10.7. The van der Waals surface area contributed by atoms with Crippen molar-refractivity contribution in [2.45, 2.75) is 4.90 Å². The van der Waals surface area contributed by atoms with Crippen molar-refractivity contribution in [3.8, 4) is 0 Å². The van der Waals surface area contributed by atoms with E-state index >= 15 is 0 Å². The van der Waals surface area contributed by atoms with Crippen LogP contribution in [-0.2, 0) is 19.8 Å². The maximum atomic E-state index is 12.5. The standard InChI is InChI=1S/C8H10FO2S/c1-10-12(11-2)8-5-3-7(9)4-6-8/h3-6H,1-2H3/q+1. The molecule has 0 bridgehead atoms. The van der Waals surface area contributed by atoms with Crippen LogP contribution in [0.3, 0.4) is 0 Å². The van der Waals surface area contributed by atoms with E-state index in [1.165, 1.54) is 12.1 Å². The Morgan fingerprint density at radius 1 is 1.08 bits per heavy atom. The van der Waals surface area contributed by atoms with Crippen molar-refractivity contribution >= 4 is 11.5 Å². The third-order valence-corrected chi connectivity index (χ3v) is 2.57. The Balaban J connectivity index is 2.80. The highest BCUT2D eigenvalue weighted by molar-refractivity contribution is 7.87. The summed E-state index contributed by atoms with van der Waals surface area (Å²) in [4.78, 5) is 0.835. The zero-order chi connectivity index (χ0) is 8.97. The maximum Gasteiger partial charge on any atom is 0.355 e. The lowest BCUT2D eigenvalue weighted by molar-refractivity contribution is 0.358. The van der Waals surface area contributed by atoms with Gasteiger partial charge in [-0.15, -0.1) is 8.37 Å². The summed E-state index contributed by atoms with van der Waals surface area (Å²) in [6.45, 7) is 0. The van der Waals surface area contributed by atoms with Gasteiger partial charge in [-0.1, -0.05) is 0 Å². The SMILES string of the molecule is CO[S+](OC)c1ccc(F)cc1. The van der Waals surface area contributed by atoms with E-state index in [1.807, 2.05) is 0 Å². The molecular weight excluding hydrogens is 179 g/mol. The van der Waals surface area contributed by atoms with Crippen LogP contribution in [0.5, 0.6) is 0 Å². The molecule has 0 atom stereocenters. The van der Waals surface area contributed by atoms with Crippen LogP contribution < -0.4 is 0 Å². The van der Waals surface area contributed by atoms with Crippen LogP contribution in [0.15, 0.2) is 29.2 Å². The lowest BCUT2D eigenvalue weighted by atomic mass is 10.4. The third-order valence-electron chi connectivity index (χ3n) is 1.31. The summed E-state index contributed by atoms with van der Waals surface area (Å²) < 4.78 is 22.5. The van der Waals surface area contributed by atoms with Gasteiger partial charge in [-0.2, -0.15) is 0 Å². The molecule has 4 heteroatoms. The molecule has 2 nitrogen and oxygen atoms in total. The van der Waals surface area contributed by atoms with Crippen LogP contribution in [0.2, 0.25) is 0 Å². The lowest BCUT2D eigenvalue weighted by Crippen LogP contribution is -2.06. The molecule has 0 unspecified atom stereocenters. The quantitative estimate of drug-likeness (QED) is 0.676. The molecule has 0 aliphatic rings. The Morgan fingerprint density at radius 2 is 1.58 bits per heavy atom. The molecule has 0 heterocycles. The molecule has 1 aromatic rings. The summed E-state index contributed by atoms with van der Waals surface area (Å²) >= 11 is -0.677. The van der Waals surface area contributed by atoms with E-state index in [0.29, 0.717) is 0 Å². The first-order valence-corrected chi connectivity index (χ1v) is 4.44. The van der Waals surface area contributed by atoms with Crippen molar-refractivity contribution in [2.24, 2.45) is 0 Å². The van der Waals surface area contributed by atoms with E-state index in [1.54, 1.807) is 26.4 Å². The van der Waals surface area contributed by atoms with E-state index in [9.17, 15) is 4.39 Å². The molecule has 1 rings (SSSR count). The highest BCUT2D eigenvalue weighted by Crippen LogP contribution is 2.14. The van der Waals surface area contributed by atoms with Crippen LogP contribution in [0.25, 0.3) is 0 Å². The first kappa shape index (κ1) is 9.51. The third kappa shape index (κ3) is 2.20. The van der Waals surface area contributed by atoms with Crippen LogP contribution in [-0.4, -0.2) is 14.2 Å². The molecule has 66 valence electrons. The van der Waals surface area contributed by atoms with Gasteiger partial charge >= 0.3 is 11.5 Å². The molecule has 0 radical (unpaired) electrons. The Hall–Kier alpha value is -0.580. The molecule has 0 spiro atoms. The van der Waals surface area contributed by atoms with Crippen molar-refractivity contribution in [3.63, 3.8) is 0 Å². The molecular formula is C8H10FO2S+. The fourth-order valence-electron chi connectivity index (χ4n) is 0.806. The fourth-order valence-corrected chi connectivity index (χ4v) is 1.69. The Kier molecular flexibility index (Phi) is 3.52. The zero-order valence-corrected chi connectivity index (χ0v) is 7.73. The number of hydrogen-bond donors (Lipinski definition) is 0. The van der Waals surface area contributed by atoms with Gasteiger partial charge in [0, 0.05) is 12.1 Å². The molecule has 1 aromatic carbocycles. The lowest BCUT2D eigenvalue weighted by Gasteiger charge is -1.96. The number of rotatable bonds is 3. The minimum atomic E-state index is -0.677. The van der Waals surface area contributed by atoms with Gasteiger partial charge in [0.25, 0.3) is 0 Å². The molecule has 0 fully saturated rings. The van der Waals surface area contributed by atoms with E-state index in [4.69, 9.17) is 8.37 Å². The van der Waals surface area contributed by atoms with E-state index < -0.39 is 11.5 Å². The predicted octanol–water partition coefficient (Wildman–Crippen LogP) is 1.93. The summed E-state index contributed by atoms with van der Waals surface area (Å²) in [5.41, 5.74) is 0. The number of benzene rings is 1. The molecule has 0 saturated heterocycles. The smallest absolute Gasteiger partial charge is 0.207 e. The van der Waals surface area contributed by atoms with Crippen molar-refractivity contribution in [2.75, 3.05) is 14.2 Å². The first-order valence-electron chi connectivity index (χ1n) is 3.36. The van der Waals surface area contributed by atoms with Crippen molar-refractivity contribution in [3.05, 3.63) is 30.1 Å². The van der Waals surface area contributed by atoms with Gasteiger partial charge in [-0.3, -0.25) is 0 Å². The topological polar surface area (TPSA) is 18.5 Å². The van der Waals surface area contributed by atoms with Crippen LogP contribution in [0.4, 0.5) is 4.39 Å². The van der Waals surface area contributed by atoms with Gasteiger partial charge in [-0.05, 0) is 12.1 Å². The Bertz CT molecular complexity index is 233. The zero-order valence-electron chi connectivity index (χ0n) is 6.91. The molecule has 0 aliphatic carbocycles. The average Bonchev–Trinajstić information content (AvgIpc) is 2.10. The van der Waals surface area contributed by atoms with Gasteiger partial charge in [0.2, 0.25) is 4.90 Å². The van der Waals surface area contributed by atoms with E-state index in [-0.39, 0.29) is 5.82 Å². The summed E-state index contributed by atoms with van der Waals surface area (Å²) in [7, 11) is 3.10. The van der Waals surface area contributed by atoms with Gasteiger partial charge in [0.15, 0.2) is 0 Å². The van der Waals surface area contributed by atoms with Gasteiger partial charge < -0.3 is 0 Å². The van der Waals surface area contributed by atoms with Gasteiger partial charge in [0.1, 0.15) is 5.82 Å². The predicted molar refractivity (Wildman–Crippen MR) is 46.0 cm³/mol. The molecule has 0 amide bonds. The molecule has 0 N–H and O–H groups in total. The highest BCUT2D eigenvalue weighted by atomic mass is 32.2. The monoisotopic (exact) mass is 189 g/mol. The maximum absolute atomic E-state index is 12.5. The highest BCUT2D eigenvalue weighted by Gasteiger charge is 2.23. The molecule has 0 aromatic heterocycles. The molecule has 0 saturated carbocycles. The van der Waals surface area contributed by atoms with Crippen LogP contribution in [0, 0.1) is 5.82 Å². The van der Waals surface area contributed by atoms with Crippen molar-refractivity contribution in [1.82, 2.24) is 0 Å². The molecule has 0 aliphatic heterocycles. The summed E-state index contributed by atoms with van der Waals surface area (Å²) in [5.74, 6) is -0.255. The van der Waals surface area contributed by atoms with Gasteiger partial charge in [0.05, 0.1) is 14.2 Å². The van der Waals surface area contributed by atoms with Crippen LogP contribution >= 0.6 is 0 Å². The Morgan fingerprint density at radius 3 is 2.00 bits per heavy atom. The summed E-state index contributed by atoms with van der Waals surface area (Å²) in [5, 5.41) is 0. The van der Waals surface area contributed by atoms with Crippen LogP contribution in [0.1, 0.15) is 0 Å². The number of hydrogen-bond acceptors (Lipinski definition) is 2. The second kappa shape index (κ2) is 4.45. The Labute approximate surface area is 74.1 Å². The average molecular weight is 189 g/mol. The minimum Gasteiger partial charge on any atom is -0.207 e. The number of halogens is 1. The largest absolute Gasteiger partial charge is 0.355 e. The first-order chi connectivity index (χ1) is 5.77. The van der Waals surface area contributed by atoms with Crippen molar-refractivity contribution in [1.29, 1.82) is 0 Å². The second-order valence-electron chi connectivity index (χ2n) is 2.02. The van der Waals surface area contributed by atoms with Gasteiger partial charge in [-0.25, -0.2) is 4.39 Å². The van der Waals surface area contributed by atoms with E-state index in [2.05, 4.69) is 0 Å². The molecule has 12 heavy (non-hydrogen) atoms. The summed E-state index contributed by atoms with van der Waals surface area (Å²) in [6.07, 6.45) is 0. The van der Waals surface area contributed by atoms with E-state index in [0.717, 1.165) is 4.90 Å². The van der Waals surface area contributed by atoms with Crippen molar-refractivity contribution < 1.29 is 12.8 Å².